The van der Waals surface area contributed by atoms with Crippen molar-refractivity contribution in [3.05, 3.63) is 47.2 Å². The summed E-state index contributed by atoms with van der Waals surface area (Å²) in [5.41, 5.74) is 0.969. The minimum Gasteiger partial charge on any atom is -0.457 e. The van der Waals surface area contributed by atoms with Gasteiger partial charge in [-0.25, -0.2) is 22.9 Å². The van der Waals surface area contributed by atoms with E-state index in [0.29, 0.717) is 23.6 Å². The zero-order valence-electron chi connectivity index (χ0n) is 11.8. The molecule has 1 N–H and O–H groups in total. The number of hydrogen-bond acceptors (Lipinski definition) is 6. The normalized spacial score (nSPS) is 14.0. The van der Waals surface area contributed by atoms with Gasteiger partial charge >= 0.3 is 5.97 Å². The van der Waals surface area contributed by atoms with Gasteiger partial charge in [-0.1, -0.05) is 13.0 Å². The average molecular weight is 322 g/mol. The summed E-state index contributed by atoms with van der Waals surface area (Å²) in [6, 6.07) is 4.34. The van der Waals surface area contributed by atoms with Crippen LogP contribution in [0.15, 0.2) is 33.7 Å². The molecular weight excluding hydrogens is 308 g/mol. The fraction of sp³-hybridized carbons (Fsp3) is 0.286. The molecule has 8 heteroatoms. The molecule has 0 saturated heterocycles. The Hall–Kier alpha value is -2.19. The second kappa shape index (κ2) is 5.54. The Morgan fingerprint density at radius 2 is 2.18 bits per heavy atom. The molecule has 2 aromatic rings. The van der Waals surface area contributed by atoms with Gasteiger partial charge in [0.05, 0.1) is 23.2 Å². The van der Waals surface area contributed by atoms with Crippen molar-refractivity contribution in [2.24, 2.45) is 0 Å². The summed E-state index contributed by atoms with van der Waals surface area (Å²) in [4.78, 5) is 15.5. The number of fused-ring (bicyclic) bond motifs is 1. The number of nitrogens with one attached hydrogen (secondary N) is 1. The molecule has 0 atom stereocenters. The van der Waals surface area contributed by atoms with Crippen molar-refractivity contribution in [2.75, 3.05) is 0 Å². The van der Waals surface area contributed by atoms with E-state index >= 15 is 0 Å². The number of aromatic nitrogens is 1. The molecule has 1 aliphatic heterocycles. The lowest BCUT2D eigenvalue weighted by Gasteiger charge is -2.05. The van der Waals surface area contributed by atoms with Crippen LogP contribution < -0.4 is 4.72 Å². The van der Waals surface area contributed by atoms with Gasteiger partial charge in [-0.2, -0.15) is 0 Å². The highest BCUT2D eigenvalue weighted by atomic mass is 32.2. The zero-order chi connectivity index (χ0) is 15.7. The van der Waals surface area contributed by atoms with Crippen LogP contribution in [-0.2, 0) is 34.3 Å². The lowest BCUT2D eigenvalue weighted by atomic mass is 10.1. The molecule has 0 spiro atoms. The van der Waals surface area contributed by atoms with Crippen molar-refractivity contribution in [3.63, 3.8) is 0 Å². The maximum atomic E-state index is 12.3. The Morgan fingerprint density at radius 1 is 1.36 bits per heavy atom. The van der Waals surface area contributed by atoms with Crippen molar-refractivity contribution in [1.29, 1.82) is 0 Å². The number of esters is 1. The third kappa shape index (κ3) is 2.75. The number of aryl methyl sites for hydroxylation is 1. The van der Waals surface area contributed by atoms with Crippen LogP contribution in [0.25, 0.3) is 0 Å². The summed E-state index contributed by atoms with van der Waals surface area (Å²) in [6.45, 7) is 2.04. The average Bonchev–Trinajstić information content (AvgIpc) is 3.12. The van der Waals surface area contributed by atoms with Gasteiger partial charge < -0.3 is 9.15 Å². The predicted octanol–water partition coefficient (Wildman–Crippen LogP) is 1.39. The molecule has 1 aromatic carbocycles. The minimum atomic E-state index is -3.76. The standard InChI is InChI=1S/C14H14N2O5S/c1-2-10-6-15-13(21-10)7-16-22(18,19)11-4-3-9-8-20-14(17)12(9)5-11/h3-6,16H,2,7-8H2,1H3. The van der Waals surface area contributed by atoms with E-state index in [1.165, 1.54) is 12.1 Å². The van der Waals surface area contributed by atoms with Gasteiger partial charge in [-0.05, 0) is 12.1 Å². The van der Waals surface area contributed by atoms with Gasteiger partial charge in [-0.3, -0.25) is 0 Å². The Labute approximate surface area is 127 Å². The molecule has 0 radical (unpaired) electrons. The molecule has 0 unspecified atom stereocenters. The lowest BCUT2D eigenvalue weighted by molar-refractivity contribution is 0.0535. The first-order valence-corrected chi connectivity index (χ1v) is 8.21. The quantitative estimate of drug-likeness (QED) is 0.835. The van der Waals surface area contributed by atoms with Crippen LogP contribution in [0.3, 0.4) is 0 Å². The van der Waals surface area contributed by atoms with Crippen molar-refractivity contribution in [3.8, 4) is 0 Å². The number of cyclic esters (lactones) is 1. The Bertz CT molecular complexity index is 826. The molecule has 1 aromatic heterocycles. The van der Waals surface area contributed by atoms with E-state index in [4.69, 9.17) is 9.15 Å². The van der Waals surface area contributed by atoms with E-state index < -0.39 is 16.0 Å². The SMILES string of the molecule is CCc1cnc(CNS(=O)(=O)c2ccc3c(c2)C(=O)OC3)o1. The number of ether oxygens (including phenoxy) is 1. The maximum absolute atomic E-state index is 12.3. The molecule has 0 fully saturated rings. The van der Waals surface area contributed by atoms with E-state index in [0.717, 1.165) is 0 Å². The number of rotatable bonds is 5. The first-order valence-electron chi connectivity index (χ1n) is 6.73. The summed E-state index contributed by atoms with van der Waals surface area (Å²) < 4.78 is 37.1. The summed E-state index contributed by atoms with van der Waals surface area (Å²) in [5, 5.41) is 0. The van der Waals surface area contributed by atoms with E-state index in [2.05, 4.69) is 9.71 Å². The molecule has 0 amide bonds. The lowest BCUT2D eigenvalue weighted by Crippen LogP contribution is -2.23. The Morgan fingerprint density at radius 3 is 2.91 bits per heavy atom. The second-order valence-electron chi connectivity index (χ2n) is 4.79. The molecule has 0 saturated carbocycles. The van der Waals surface area contributed by atoms with Crippen LogP contribution in [0.2, 0.25) is 0 Å². The van der Waals surface area contributed by atoms with Crippen LogP contribution >= 0.6 is 0 Å². The summed E-state index contributed by atoms with van der Waals surface area (Å²) >= 11 is 0. The fourth-order valence-corrected chi connectivity index (χ4v) is 3.09. The van der Waals surface area contributed by atoms with E-state index in [1.54, 1.807) is 12.3 Å². The topological polar surface area (TPSA) is 98.5 Å². The van der Waals surface area contributed by atoms with Crippen LogP contribution in [0.1, 0.15) is 34.5 Å². The number of sulfonamides is 1. The largest absolute Gasteiger partial charge is 0.457 e. The van der Waals surface area contributed by atoms with Crippen LogP contribution in [0.5, 0.6) is 0 Å². The third-order valence-electron chi connectivity index (χ3n) is 3.33. The third-order valence-corrected chi connectivity index (χ3v) is 4.73. The van der Waals surface area contributed by atoms with Gasteiger partial charge in [0.25, 0.3) is 0 Å². The molecule has 1 aliphatic rings. The van der Waals surface area contributed by atoms with Gasteiger partial charge in [0, 0.05) is 12.0 Å². The molecule has 2 heterocycles. The summed E-state index contributed by atoms with van der Waals surface area (Å²) in [6.07, 6.45) is 2.25. The van der Waals surface area contributed by atoms with Crippen molar-refractivity contribution in [1.82, 2.24) is 9.71 Å². The number of oxazole rings is 1. The monoisotopic (exact) mass is 322 g/mol. The molecule has 116 valence electrons. The molecule has 7 nitrogen and oxygen atoms in total. The van der Waals surface area contributed by atoms with Crippen molar-refractivity contribution in [2.45, 2.75) is 31.4 Å². The van der Waals surface area contributed by atoms with Gasteiger partial charge in [0.2, 0.25) is 15.9 Å². The highest BCUT2D eigenvalue weighted by molar-refractivity contribution is 7.89. The fourth-order valence-electron chi connectivity index (χ4n) is 2.09. The highest BCUT2D eigenvalue weighted by Gasteiger charge is 2.24. The van der Waals surface area contributed by atoms with Gasteiger partial charge in [-0.15, -0.1) is 0 Å². The highest BCUT2D eigenvalue weighted by Crippen LogP contribution is 2.23. The molecular formula is C14H14N2O5S. The van der Waals surface area contributed by atoms with Gasteiger partial charge in [0.1, 0.15) is 12.4 Å². The Balaban J connectivity index is 1.78. The molecule has 3 rings (SSSR count). The molecule has 22 heavy (non-hydrogen) atoms. The smallest absolute Gasteiger partial charge is 0.338 e. The second-order valence-corrected chi connectivity index (χ2v) is 6.56. The zero-order valence-corrected chi connectivity index (χ0v) is 12.6. The summed E-state index contributed by atoms with van der Waals surface area (Å²) in [5.74, 6) is 0.475. The van der Waals surface area contributed by atoms with Crippen LogP contribution in [0, 0.1) is 0 Å². The maximum Gasteiger partial charge on any atom is 0.338 e. The summed E-state index contributed by atoms with van der Waals surface area (Å²) in [7, 11) is -3.76. The molecule has 0 bridgehead atoms. The van der Waals surface area contributed by atoms with E-state index in [9.17, 15) is 13.2 Å². The first kappa shape index (κ1) is 14.7. The number of nitrogens with zero attached hydrogens (tertiary/aromatic N) is 1. The van der Waals surface area contributed by atoms with Gasteiger partial charge in [0.15, 0.2) is 0 Å². The van der Waals surface area contributed by atoms with Crippen molar-refractivity contribution >= 4 is 16.0 Å². The van der Waals surface area contributed by atoms with E-state index in [1.807, 2.05) is 6.92 Å². The number of carbonyl (C=O) groups is 1. The Kier molecular flexibility index (Phi) is 3.71. The van der Waals surface area contributed by atoms with Crippen LogP contribution in [0.4, 0.5) is 0 Å². The number of benzene rings is 1. The minimum absolute atomic E-state index is 0.00683. The van der Waals surface area contributed by atoms with Crippen LogP contribution in [-0.4, -0.2) is 19.4 Å². The predicted molar refractivity (Wildman–Crippen MR) is 75.5 cm³/mol. The van der Waals surface area contributed by atoms with Crippen molar-refractivity contribution < 1.29 is 22.4 Å². The number of carbonyl (C=O) groups excluding carboxylic acids is 1. The first-order chi connectivity index (χ1) is 10.5. The van der Waals surface area contributed by atoms with E-state index in [-0.39, 0.29) is 23.6 Å². The molecule has 0 aliphatic carbocycles. The number of hydrogen-bond donors (Lipinski definition) is 1.